The molecule has 0 radical (unpaired) electrons. The van der Waals surface area contributed by atoms with Crippen LogP contribution in [0.5, 0.6) is 0 Å². The summed E-state index contributed by atoms with van der Waals surface area (Å²) in [6, 6.07) is 22.0. The highest BCUT2D eigenvalue weighted by molar-refractivity contribution is 7.89. The molecule has 1 heterocycles. The van der Waals surface area contributed by atoms with Gasteiger partial charge in [0.1, 0.15) is 0 Å². The van der Waals surface area contributed by atoms with Gasteiger partial charge in [-0.05, 0) is 47.7 Å². The van der Waals surface area contributed by atoms with E-state index in [1.54, 1.807) is 12.1 Å². The van der Waals surface area contributed by atoms with E-state index in [9.17, 15) is 18.0 Å². The Bertz CT molecular complexity index is 1270. The Balaban J connectivity index is 1.38. The van der Waals surface area contributed by atoms with Crippen LogP contribution in [-0.2, 0) is 26.0 Å². The zero-order valence-corrected chi connectivity index (χ0v) is 19.7. The molecular weight excluding hydrogens is 450 g/mol. The minimum Gasteiger partial charge on any atom is -0.370 e. The Morgan fingerprint density at radius 1 is 0.941 bits per heavy atom. The monoisotopic (exact) mass is 479 g/mol. The number of nitrogens with one attached hydrogen (secondary N) is 1. The van der Waals surface area contributed by atoms with E-state index in [0.29, 0.717) is 19.3 Å². The molecule has 3 N–H and O–H groups in total. The highest BCUT2D eigenvalue weighted by atomic mass is 32.2. The first-order valence-electron chi connectivity index (χ1n) is 11.4. The molecule has 4 rings (SSSR count). The van der Waals surface area contributed by atoms with Crippen molar-refractivity contribution in [1.29, 1.82) is 0 Å². The molecule has 0 aliphatic carbocycles. The third-order valence-electron chi connectivity index (χ3n) is 6.30. The molecule has 1 saturated heterocycles. The minimum absolute atomic E-state index is 0.0514. The van der Waals surface area contributed by atoms with Crippen molar-refractivity contribution in [2.45, 2.75) is 36.6 Å². The van der Waals surface area contributed by atoms with Gasteiger partial charge in [-0.15, -0.1) is 0 Å². The number of primary amides is 1. The fourth-order valence-corrected chi connectivity index (χ4v) is 5.98. The highest BCUT2D eigenvalue weighted by Gasteiger charge is 2.33. The lowest BCUT2D eigenvalue weighted by atomic mass is 9.95. The van der Waals surface area contributed by atoms with Crippen molar-refractivity contribution in [3.05, 3.63) is 78.4 Å². The van der Waals surface area contributed by atoms with E-state index in [0.717, 1.165) is 16.3 Å². The van der Waals surface area contributed by atoms with Gasteiger partial charge in [0.25, 0.3) is 0 Å². The van der Waals surface area contributed by atoms with Gasteiger partial charge in [0.2, 0.25) is 21.8 Å². The molecule has 178 valence electrons. The van der Waals surface area contributed by atoms with Gasteiger partial charge in [-0.25, -0.2) is 8.42 Å². The number of hydrogen-bond donors (Lipinski definition) is 2. The summed E-state index contributed by atoms with van der Waals surface area (Å²) in [5.41, 5.74) is 6.40. The fourth-order valence-electron chi connectivity index (χ4n) is 4.47. The van der Waals surface area contributed by atoms with Gasteiger partial charge in [-0.2, -0.15) is 4.31 Å². The first-order chi connectivity index (χ1) is 16.3. The summed E-state index contributed by atoms with van der Waals surface area (Å²) in [5, 5.41) is 4.82. The average molecular weight is 480 g/mol. The van der Waals surface area contributed by atoms with Crippen LogP contribution >= 0.6 is 0 Å². The summed E-state index contributed by atoms with van der Waals surface area (Å²) in [5.74, 6) is -0.948. The molecule has 1 aliphatic rings. The van der Waals surface area contributed by atoms with Crippen molar-refractivity contribution in [1.82, 2.24) is 9.62 Å². The molecule has 3 aromatic rings. The quantitative estimate of drug-likeness (QED) is 0.518. The van der Waals surface area contributed by atoms with Crippen molar-refractivity contribution in [2.24, 2.45) is 11.7 Å². The first kappa shape index (κ1) is 23.9. The van der Waals surface area contributed by atoms with E-state index in [4.69, 9.17) is 5.73 Å². The number of carbonyl (C=O) groups excluding carboxylic acids is 2. The third-order valence-corrected chi connectivity index (χ3v) is 8.20. The number of fused-ring (bicyclic) bond motifs is 1. The maximum absolute atomic E-state index is 13.2. The summed E-state index contributed by atoms with van der Waals surface area (Å²) in [4.78, 5) is 24.7. The van der Waals surface area contributed by atoms with Crippen LogP contribution in [-0.4, -0.2) is 43.7 Å². The van der Waals surface area contributed by atoms with Crippen LogP contribution in [0.2, 0.25) is 0 Å². The van der Waals surface area contributed by atoms with Gasteiger partial charge in [-0.3, -0.25) is 9.59 Å². The molecular formula is C26H29N3O4S. The topological polar surface area (TPSA) is 110 Å². The number of nitrogens with two attached hydrogens (primary N) is 1. The number of amides is 2. The van der Waals surface area contributed by atoms with Gasteiger partial charge in [0.05, 0.1) is 4.90 Å². The van der Waals surface area contributed by atoms with E-state index >= 15 is 0 Å². The molecule has 0 spiro atoms. The molecule has 3 aromatic carbocycles. The van der Waals surface area contributed by atoms with Gasteiger partial charge in [0.15, 0.2) is 0 Å². The summed E-state index contributed by atoms with van der Waals surface area (Å²) in [7, 11) is -3.64. The van der Waals surface area contributed by atoms with Crippen LogP contribution in [0.1, 0.15) is 24.8 Å². The molecule has 34 heavy (non-hydrogen) atoms. The second-order valence-electron chi connectivity index (χ2n) is 8.75. The Morgan fingerprint density at radius 3 is 2.26 bits per heavy atom. The number of nitrogens with zero attached hydrogens (tertiary/aromatic N) is 1. The van der Waals surface area contributed by atoms with Crippen LogP contribution in [0.15, 0.2) is 77.7 Å². The zero-order valence-electron chi connectivity index (χ0n) is 18.9. The first-order valence-corrected chi connectivity index (χ1v) is 12.9. The number of hydrogen-bond acceptors (Lipinski definition) is 4. The predicted molar refractivity (Wildman–Crippen MR) is 131 cm³/mol. The lowest BCUT2D eigenvalue weighted by molar-refractivity contribution is -0.127. The molecule has 0 bridgehead atoms. The van der Waals surface area contributed by atoms with Crippen molar-refractivity contribution in [2.75, 3.05) is 13.1 Å². The Hall–Kier alpha value is -3.23. The summed E-state index contributed by atoms with van der Waals surface area (Å²) < 4.78 is 27.8. The predicted octanol–water partition coefficient (Wildman–Crippen LogP) is 2.84. The minimum atomic E-state index is -3.64. The number of sulfonamides is 1. The number of piperidine rings is 1. The van der Waals surface area contributed by atoms with E-state index in [1.165, 1.54) is 4.31 Å². The lowest BCUT2D eigenvalue weighted by Crippen LogP contribution is -2.46. The van der Waals surface area contributed by atoms with E-state index in [1.807, 2.05) is 60.7 Å². The zero-order chi connectivity index (χ0) is 24.1. The van der Waals surface area contributed by atoms with Gasteiger partial charge < -0.3 is 11.1 Å². The Labute approximate surface area is 200 Å². The van der Waals surface area contributed by atoms with Crippen molar-refractivity contribution >= 4 is 32.6 Å². The summed E-state index contributed by atoms with van der Waals surface area (Å²) >= 11 is 0. The number of carbonyl (C=O) groups is 2. The number of rotatable bonds is 8. The standard InChI is InChI=1S/C26H29N3O4S/c27-25(30)18-23(16-19-6-2-1-3-7-19)28-26(31)21-12-14-29(15-13-21)34(32,33)24-11-10-20-8-4-5-9-22(20)17-24/h1-11,17,21,23H,12-16,18H2,(H2,27,30)(H,28,31). The van der Waals surface area contributed by atoms with Gasteiger partial charge >= 0.3 is 0 Å². The second-order valence-corrected chi connectivity index (χ2v) is 10.7. The van der Waals surface area contributed by atoms with Crippen LogP contribution < -0.4 is 11.1 Å². The number of benzene rings is 3. The van der Waals surface area contributed by atoms with Crippen LogP contribution in [0.25, 0.3) is 10.8 Å². The van der Waals surface area contributed by atoms with Crippen molar-refractivity contribution in [3.8, 4) is 0 Å². The smallest absolute Gasteiger partial charge is 0.243 e. The van der Waals surface area contributed by atoms with E-state index < -0.39 is 22.0 Å². The van der Waals surface area contributed by atoms with Gasteiger partial charge in [-0.1, -0.05) is 60.7 Å². The fraction of sp³-hybridized carbons (Fsp3) is 0.308. The van der Waals surface area contributed by atoms with Gasteiger partial charge in [0, 0.05) is 31.5 Å². The molecule has 2 amide bonds. The average Bonchev–Trinajstić information content (AvgIpc) is 2.84. The highest BCUT2D eigenvalue weighted by Crippen LogP contribution is 2.26. The van der Waals surface area contributed by atoms with Crippen LogP contribution in [0, 0.1) is 5.92 Å². The molecule has 1 atom stereocenters. The van der Waals surface area contributed by atoms with E-state index in [-0.39, 0.29) is 36.2 Å². The van der Waals surface area contributed by atoms with Crippen LogP contribution in [0.3, 0.4) is 0 Å². The Morgan fingerprint density at radius 2 is 1.59 bits per heavy atom. The van der Waals surface area contributed by atoms with E-state index in [2.05, 4.69) is 5.32 Å². The molecule has 1 fully saturated rings. The molecule has 7 nitrogen and oxygen atoms in total. The maximum Gasteiger partial charge on any atom is 0.243 e. The molecule has 1 aliphatic heterocycles. The van der Waals surface area contributed by atoms with Crippen molar-refractivity contribution in [3.63, 3.8) is 0 Å². The normalized spacial score (nSPS) is 16.2. The van der Waals surface area contributed by atoms with Crippen LogP contribution in [0.4, 0.5) is 0 Å². The molecule has 1 unspecified atom stereocenters. The lowest BCUT2D eigenvalue weighted by Gasteiger charge is -2.31. The molecule has 0 aromatic heterocycles. The van der Waals surface area contributed by atoms with Crippen molar-refractivity contribution < 1.29 is 18.0 Å². The largest absolute Gasteiger partial charge is 0.370 e. The maximum atomic E-state index is 13.2. The summed E-state index contributed by atoms with van der Waals surface area (Å²) in [6.07, 6.45) is 1.40. The molecule has 8 heteroatoms. The Kier molecular flexibility index (Phi) is 7.29. The molecule has 0 saturated carbocycles. The SMILES string of the molecule is NC(=O)CC(Cc1ccccc1)NC(=O)C1CCN(S(=O)(=O)c2ccc3ccccc3c2)CC1. The summed E-state index contributed by atoms with van der Waals surface area (Å²) in [6.45, 7) is 0.541. The second kappa shape index (κ2) is 10.4. The third kappa shape index (κ3) is 5.63.